The van der Waals surface area contributed by atoms with Crippen molar-refractivity contribution in [2.75, 3.05) is 25.6 Å². The monoisotopic (exact) mass is 443 g/mol. The zero-order chi connectivity index (χ0) is 22.7. The normalized spacial score (nSPS) is 10.7. The van der Waals surface area contributed by atoms with Gasteiger partial charge in [-0.05, 0) is 36.2 Å². The molecule has 0 heterocycles. The van der Waals surface area contributed by atoms with E-state index < -0.39 is 10.0 Å². The molecule has 0 bridgehead atoms. The zero-order valence-corrected chi connectivity index (χ0v) is 18.1. The summed E-state index contributed by atoms with van der Waals surface area (Å²) in [6.07, 6.45) is 2.21. The molecule has 0 unspecified atom stereocenters. The van der Waals surface area contributed by atoms with Gasteiger partial charge in [0, 0.05) is 24.7 Å². The molecule has 0 saturated heterocycles. The molecule has 0 radical (unpaired) electrons. The second-order valence-corrected chi connectivity index (χ2v) is 8.38. The van der Waals surface area contributed by atoms with Crippen LogP contribution < -0.4 is 19.5 Å². The summed E-state index contributed by atoms with van der Waals surface area (Å²) in [4.78, 5) is 12.1. The minimum atomic E-state index is -3.43. The van der Waals surface area contributed by atoms with Crippen molar-refractivity contribution in [3.63, 3.8) is 0 Å². The van der Waals surface area contributed by atoms with Crippen molar-refractivity contribution >= 4 is 21.6 Å². The number of carbonyl (C=O) groups excluding carboxylic acids is 1. The summed E-state index contributed by atoms with van der Waals surface area (Å²) in [6, 6.07) is 13.5. The van der Waals surface area contributed by atoms with Gasteiger partial charge in [0.2, 0.25) is 15.9 Å². The lowest BCUT2D eigenvalue weighted by molar-refractivity contribution is -0.116. The quantitative estimate of drug-likeness (QED) is 0.385. The predicted octanol–water partition coefficient (Wildman–Crippen LogP) is 2.97. The van der Waals surface area contributed by atoms with Crippen molar-refractivity contribution in [1.29, 1.82) is 5.26 Å². The number of ether oxygens (including phenoxy) is 2. The molecule has 0 fully saturated rings. The third-order valence-electron chi connectivity index (χ3n) is 4.14. The number of nitriles is 1. The van der Waals surface area contributed by atoms with Crippen LogP contribution in [0.3, 0.4) is 0 Å². The molecule has 0 saturated carbocycles. The number of nitrogens with one attached hydrogen (secondary N) is 2. The first-order chi connectivity index (χ1) is 14.9. The molecule has 2 aromatic carbocycles. The number of carbonyl (C=O) groups is 1. The van der Waals surface area contributed by atoms with E-state index in [2.05, 4.69) is 16.6 Å². The third-order valence-corrected chi connectivity index (χ3v) is 5.46. The van der Waals surface area contributed by atoms with Crippen LogP contribution in [0, 0.1) is 11.3 Å². The van der Waals surface area contributed by atoms with Gasteiger partial charge < -0.3 is 14.8 Å². The van der Waals surface area contributed by atoms with Crippen LogP contribution in [0.25, 0.3) is 0 Å². The largest absolute Gasteiger partial charge is 0.493 e. The maximum atomic E-state index is 12.1. The fourth-order valence-corrected chi connectivity index (χ4v) is 3.74. The van der Waals surface area contributed by atoms with Crippen molar-refractivity contribution in [3.05, 3.63) is 66.2 Å². The maximum Gasteiger partial charge on any atom is 0.224 e. The molecule has 31 heavy (non-hydrogen) atoms. The number of benzene rings is 2. The number of methoxy groups -OCH3 is 1. The van der Waals surface area contributed by atoms with Crippen LogP contribution in [0.15, 0.2) is 55.1 Å². The molecule has 9 heteroatoms. The summed E-state index contributed by atoms with van der Waals surface area (Å²) in [7, 11) is -1.93. The van der Waals surface area contributed by atoms with E-state index in [1.54, 1.807) is 42.5 Å². The van der Waals surface area contributed by atoms with E-state index >= 15 is 0 Å². The number of hydrogen-bond donors (Lipinski definition) is 2. The molecule has 0 spiro atoms. The first-order valence-electron chi connectivity index (χ1n) is 9.55. The van der Waals surface area contributed by atoms with E-state index in [4.69, 9.17) is 14.7 Å². The minimum absolute atomic E-state index is 0.148. The van der Waals surface area contributed by atoms with Crippen LogP contribution in [0.5, 0.6) is 11.5 Å². The molecule has 2 N–H and O–H groups in total. The third kappa shape index (κ3) is 8.12. The highest BCUT2D eigenvalue weighted by molar-refractivity contribution is 7.88. The Morgan fingerprint density at radius 2 is 1.94 bits per heavy atom. The average molecular weight is 444 g/mol. The van der Waals surface area contributed by atoms with Gasteiger partial charge in [-0.25, -0.2) is 13.1 Å². The summed E-state index contributed by atoms with van der Waals surface area (Å²) in [5, 5.41) is 11.7. The molecule has 1 amide bonds. The second kappa shape index (κ2) is 11.7. The van der Waals surface area contributed by atoms with Crippen LogP contribution in [0.2, 0.25) is 0 Å². The fraction of sp³-hybridized carbons (Fsp3) is 0.273. The predicted molar refractivity (Wildman–Crippen MR) is 118 cm³/mol. The fourth-order valence-electron chi connectivity index (χ4n) is 2.64. The lowest BCUT2D eigenvalue weighted by atomic mass is 10.2. The van der Waals surface area contributed by atoms with Crippen LogP contribution in [-0.2, 0) is 20.6 Å². The number of anilines is 1. The topological polar surface area (TPSA) is 118 Å². The summed E-state index contributed by atoms with van der Waals surface area (Å²) in [5.74, 6) is 0.648. The average Bonchev–Trinajstić information content (AvgIpc) is 2.76. The lowest BCUT2D eigenvalue weighted by Gasteiger charge is -2.11. The van der Waals surface area contributed by atoms with Crippen molar-refractivity contribution in [2.45, 2.75) is 18.6 Å². The Labute approximate surface area is 182 Å². The van der Waals surface area contributed by atoms with Crippen LogP contribution >= 0.6 is 0 Å². The van der Waals surface area contributed by atoms with Crippen molar-refractivity contribution in [3.8, 4) is 17.6 Å². The van der Waals surface area contributed by atoms with E-state index in [0.717, 1.165) is 0 Å². The van der Waals surface area contributed by atoms with Crippen molar-refractivity contribution in [1.82, 2.24) is 4.72 Å². The number of amides is 1. The SMILES string of the molecule is C=CCNS(=O)(=O)Cc1ccc(NC(=O)CCCOc2ccc(C#N)cc2OC)cc1. The molecular weight excluding hydrogens is 418 g/mol. The van der Waals surface area contributed by atoms with E-state index in [0.29, 0.717) is 41.3 Å². The van der Waals surface area contributed by atoms with Crippen LogP contribution in [-0.4, -0.2) is 34.6 Å². The first kappa shape index (κ1) is 23.9. The van der Waals surface area contributed by atoms with Crippen LogP contribution in [0.1, 0.15) is 24.0 Å². The Balaban J connectivity index is 1.78. The molecule has 0 aliphatic rings. The van der Waals surface area contributed by atoms with Gasteiger partial charge in [0.05, 0.1) is 31.1 Å². The van der Waals surface area contributed by atoms with Gasteiger partial charge in [-0.3, -0.25) is 4.79 Å². The van der Waals surface area contributed by atoms with Gasteiger partial charge in [-0.1, -0.05) is 18.2 Å². The minimum Gasteiger partial charge on any atom is -0.493 e. The Bertz CT molecular complexity index is 1040. The van der Waals surface area contributed by atoms with Gasteiger partial charge in [-0.15, -0.1) is 6.58 Å². The van der Waals surface area contributed by atoms with E-state index in [9.17, 15) is 13.2 Å². The standard InChI is InChI=1S/C22H25N3O5S/c1-3-12-24-31(27,28)16-17-6-9-19(10-7-17)25-22(26)5-4-13-30-20-11-8-18(15-23)14-21(20)29-2/h3,6-11,14,24H,1,4-5,12-13,16H2,2H3,(H,25,26). The van der Waals surface area contributed by atoms with Gasteiger partial charge in [0.1, 0.15) is 0 Å². The smallest absolute Gasteiger partial charge is 0.224 e. The molecule has 8 nitrogen and oxygen atoms in total. The van der Waals surface area contributed by atoms with E-state index in [-0.39, 0.29) is 24.6 Å². The molecule has 2 rings (SSSR count). The number of nitrogens with zero attached hydrogens (tertiary/aromatic N) is 1. The van der Waals surface area contributed by atoms with Gasteiger partial charge in [-0.2, -0.15) is 5.26 Å². The summed E-state index contributed by atoms with van der Waals surface area (Å²) in [5.41, 5.74) is 1.67. The highest BCUT2D eigenvalue weighted by atomic mass is 32.2. The Morgan fingerprint density at radius 1 is 1.19 bits per heavy atom. The number of hydrogen-bond acceptors (Lipinski definition) is 6. The Hall–Kier alpha value is -3.35. The molecule has 0 atom stereocenters. The Morgan fingerprint density at radius 3 is 2.58 bits per heavy atom. The molecule has 0 aliphatic carbocycles. The molecule has 2 aromatic rings. The molecule has 164 valence electrons. The van der Waals surface area contributed by atoms with E-state index in [1.807, 2.05) is 6.07 Å². The van der Waals surface area contributed by atoms with Gasteiger partial charge in [0.25, 0.3) is 0 Å². The number of rotatable bonds is 12. The summed E-state index contributed by atoms with van der Waals surface area (Å²) in [6.45, 7) is 3.96. The number of sulfonamides is 1. The highest BCUT2D eigenvalue weighted by Gasteiger charge is 2.11. The molecule has 0 aliphatic heterocycles. The highest BCUT2D eigenvalue weighted by Crippen LogP contribution is 2.28. The molecular formula is C22H25N3O5S. The molecule has 0 aromatic heterocycles. The first-order valence-corrected chi connectivity index (χ1v) is 11.2. The summed E-state index contributed by atoms with van der Waals surface area (Å²) < 4.78 is 37.0. The van der Waals surface area contributed by atoms with Crippen LogP contribution in [0.4, 0.5) is 5.69 Å². The van der Waals surface area contributed by atoms with Crippen molar-refractivity contribution < 1.29 is 22.7 Å². The zero-order valence-electron chi connectivity index (χ0n) is 17.3. The van der Waals surface area contributed by atoms with Gasteiger partial charge >= 0.3 is 0 Å². The lowest BCUT2D eigenvalue weighted by Crippen LogP contribution is -2.25. The van der Waals surface area contributed by atoms with E-state index in [1.165, 1.54) is 13.2 Å². The maximum absolute atomic E-state index is 12.1. The van der Waals surface area contributed by atoms with Gasteiger partial charge in [0.15, 0.2) is 11.5 Å². The van der Waals surface area contributed by atoms with Crippen molar-refractivity contribution in [2.24, 2.45) is 0 Å². The Kier molecular flexibility index (Phi) is 9.06. The summed E-state index contributed by atoms with van der Waals surface area (Å²) >= 11 is 0. The second-order valence-electron chi connectivity index (χ2n) is 6.57.